The van der Waals surface area contributed by atoms with Crippen molar-refractivity contribution in [3.8, 4) is 17.0 Å². The van der Waals surface area contributed by atoms with E-state index in [1.165, 1.54) is 17.2 Å². The van der Waals surface area contributed by atoms with Crippen LogP contribution in [0.2, 0.25) is 0 Å². The molecule has 2 aromatic heterocycles. The Morgan fingerprint density at radius 3 is 2.56 bits per heavy atom. The summed E-state index contributed by atoms with van der Waals surface area (Å²) in [5.74, 6) is 0.169. The highest BCUT2D eigenvalue weighted by atomic mass is 19.1. The van der Waals surface area contributed by atoms with E-state index in [1.807, 2.05) is 0 Å². The van der Waals surface area contributed by atoms with Crippen LogP contribution in [0.15, 0.2) is 30.6 Å². The third-order valence-electron chi connectivity index (χ3n) is 6.61. The number of halogens is 1. The van der Waals surface area contributed by atoms with Crippen molar-refractivity contribution in [3.63, 3.8) is 0 Å². The molecule has 4 heterocycles. The van der Waals surface area contributed by atoms with Crippen molar-refractivity contribution in [3.05, 3.63) is 42.0 Å². The predicted octanol–water partition coefficient (Wildman–Crippen LogP) is 5.18. The first kappa shape index (κ1) is 26.6. The number of urea groups is 1. The number of benzene rings is 1. The molecule has 10 nitrogen and oxygen atoms in total. The van der Waals surface area contributed by atoms with E-state index in [9.17, 15) is 9.59 Å². The molecule has 2 N–H and O–H groups in total. The van der Waals surface area contributed by atoms with E-state index in [-0.39, 0.29) is 25.2 Å². The molecular formula is C28H32FN5O5. The molecule has 1 saturated heterocycles. The third kappa shape index (κ3) is 5.88. The number of aromatic nitrogens is 2. The Hall–Kier alpha value is -3.99. The van der Waals surface area contributed by atoms with Gasteiger partial charge in [-0.1, -0.05) is 0 Å². The van der Waals surface area contributed by atoms with Gasteiger partial charge in [0, 0.05) is 48.2 Å². The van der Waals surface area contributed by atoms with Crippen molar-refractivity contribution < 1.29 is 28.2 Å². The van der Waals surface area contributed by atoms with Crippen molar-refractivity contribution in [2.75, 3.05) is 36.6 Å². The zero-order valence-electron chi connectivity index (χ0n) is 22.5. The summed E-state index contributed by atoms with van der Waals surface area (Å²) in [4.78, 5) is 35.6. The fourth-order valence-electron chi connectivity index (χ4n) is 4.73. The summed E-state index contributed by atoms with van der Waals surface area (Å²) in [6.45, 7) is 8.97. The first-order chi connectivity index (χ1) is 18.6. The second kappa shape index (κ2) is 10.6. The average Bonchev–Trinajstić information content (AvgIpc) is 2.88. The van der Waals surface area contributed by atoms with Crippen molar-refractivity contribution in [2.24, 2.45) is 0 Å². The second-order valence-corrected chi connectivity index (χ2v) is 10.7. The van der Waals surface area contributed by atoms with E-state index in [2.05, 4.69) is 20.6 Å². The number of amides is 3. The Kier molecular flexibility index (Phi) is 7.26. The molecule has 2 aliphatic heterocycles. The van der Waals surface area contributed by atoms with Crippen molar-refractivity contribution >= 4 is 34.4 Å². The smallest absolute Gasteiger partial charge is 0.415 e. The number of nitrogens with one attached hydrogen (secondary N) is 2. The fraction of sp³-hybridized carbons (Fsp3) is 0.429. The van der Waals surface area contributed by atoms with Gasteiger partial charge in [-0.25, -0.2) is 23.9 Å². The van der Waals surface area contributed by atoms with Crippen LogP contribution < -0.4 is 20.3 Å². The fourth-order valence-corrected chi connectivity index (χ4v) is 4.73. The van der Waals surface area contributed by atoms with Crippen molar-refractivity contribution in [1.29, 1.82) is 0 Å². The van der Waals surface area contributed by atoms with Crippen LogP contribution in [-0.4, -0.2) is 60.1 Å². The van der Waals surface area contributed by atoms with Gasteiger partial charge < -0.3 is 19.5 Å². The van der Waals surface area contributed by atoms with Gasteiger partial charge in [-0.3, -0.25) is 10.2 Å². The number of rotatable bonds is 3. The molecule has 0 radical (unpaired) electrons. The summed E-state index contributed by atoms with van der Waals surface area (Å²) in [7, 11) is 0. The Bertz CT molecular complexity index is 1420. The summed E-state index contributed by atoms with van der Waals surface area (Å²) < 4.78 is 32.0. The van der Waals surface area contributed by atoms with Crippen LogP contribution in [0.4, 0.5) is 25.5 Å². The minimum absolute atomic E-state index is 0.0450. The second-order valence-electron chi connectivity index (χ2n) is 10.7. The van der Waals surface area contributed by atoms with Crippen LogP contribution in [0, 0.1) is 12.7 Å². The topological polar surface area (TPSA) is 115 Å². The quantitative estimate of drug-likeness (QED) is 0.473. The van der Waals surface area contributed by atoms with Crippen LogP contribution in [0.5, 0.6) is 5.88 Å². The molecule has 0 bridgehead atoms. The number of nitrogens with zero attached hydrogens (tertiary/aromatic N) is 3. The zero-order chi connectivity index (χ0) is 27.7. The highest BCUT2D eigenvalue weighted by molar-refractivity contribution is 5.96. The number of anilines is 2. The van der Waals surface area contributed by atoms with E-state index in [4.69, 9.17) is 14.2 Å². The summed E-state index contributed by atoms with van der Waals surface area (Å²) in [5, 5.41) is 6.95. The minimum atomic E-state index is -0.680. The highest BCUT2D eigenvalue weighted by Gasteiger charge is 2.32. The van der Waals surface area contributed by atoms with Gasteiger partial charge >= 0.3 is 12.1 Å². The Morgan fingerprint density at radius 2 is 1.82 bits per heavy atom. The molecule has 0 saturated carbocycles. The minimum Gasteiger partial charge on any atom is -0.474 e. The lowest BCUT2D eigenvalue weighted by Crippen LogP contribution is -2.42. The van der Waals surface area contributed by atoms with Gasteiger partial charge in [-0.2, -0.15) is 0 Å². The molecule has 3 amide bonds. The molecule has 3 aromatic rings. The van der Waals surface area contributed by atoms with Gasteiger partial charge in [0.1, 0.15) is 29.5 Å². The van der Waals surface area contributed by atoms with Crippen molar-refractivity contribution in [1.82, 2.24) is 15.3 Å². The number of carbonyl (C=O) groups is 2. The first-order valence-electron chi connectivity index (χ1n) is 13.0. The Balaban J connectivity index is 1.45. The van der Waals surface area contributed by atoms with Crippen LogP contribution >= 0.6 is 0 Å². The maximum absolute atomic E-state index is 15.4. The van der Waals surface area contributed by atoms with Crippen LogP contribution in [0.3, 0.4) is 0 Å². The highest BCUT2D eigenvalue weighted by Crippen LogP contribution is 2.40. The zero-order valence-corrected chi connectivity index (χ0v) is 22.5. The lowest BCUT2D eigenvalue weighted by atomic mass is 9.98. The molecule has 1 aromatic carbocycles. The number of fused-ring (bicyclic) bond motifs is 2. The van der Waals surface area contributed by atoms with Crippen LogP contribution in [0.25, 0.3) is 21.9 Å². The maximum atomic E-state index is 15.4. The number of hydrogen-bond donors (Lipinski definition) is 2. The van der Waals surface area contributed by atoms with Gasteiger partial charge in [-0.05, 0) is 69.7 Å². The molecule has 0 unspecified atom stereocenters. The van der Waals surface area contributed by atoms with E-state index in [0.717, 1.165) is 12.8 Å². The SMILES string of the molecule is Cc1c(-c2cc3cc(NC(=O)NC4CCOCC4)ncc3cc2F)cnc2c1N(C(=O)OC(C)(C)C)CCO2. The Labute approximate surface area is 225 Å². The van der Waals surface area contributed by atoms with Crippen LogP contribution in [-0.2, 0) is 9.47 Å². The molecular weight excluding hydrogens is 505 g/mol. The summed E-state index contributed by atoms with van der Waals surface area (Å²) in [6.07, 6.45) is 4.05. The summed E-state index contributed by atoms with van der Waals surface area (Å²) >= 11 is 0. The van der Waals surface area contributed by atoms with Gasteiger partial charge in [0.25, 0.3) is 0 Å². The van der Waals surface area contributed by atoms with Crippen LogP contribution in [0.1, 0.15) is 39.2 Å². The Morgan fingerprint density at radius 1 is 1.05 bits per heavy atom. The van der Waals surface area contributed by atoms with Crippen molar-refractivity contribution in [2.45, 2.75) is 52.2 Å². The number of ether oxygens (including phenoxy) is 3. The summed E-state index contributed by atoms with van der Waals surface area (Å²) in [5.41, 5.74) is 1.21. The monoisotopic (exact) mass is 537 g/mol. The molecule has 11 heteroatoms. The lowest BCUT2D eigenvalue weighted by Gasteiger charge is -2.32. The van der Waals surface area contributed by atoms with E-state index < -0.39 is 17.5 Å². The molecule has 2 aliphatic rings. The van der Waals surface area contributed by atoms with Gasteiger partial charge in [0.15, 0.2) is 0 Å². The maximum Gasteiger partial charge on any atom is 0.415 e. The molecule has 5 rings (SSSR count). The van der Waals surface area contributed by atoms with Gasteiger partial charge in [0.2, 0.25) is 5.88 Å². The molecule has 39 heavy (non-hydrogen) atoms. The molecule has 0 aliphatic carbocycles. The normalized spacial score (nSPS) is 15.9. The molecule has 0 atom stereocenters. The van der Waals surface area contributed by atoms with E-state index >= 15 is 4.39 Å². The number of pyridine rings is 2. The number of carbonyl (C=O) groups excluding carboxylic acids is 2. The summed E-state index contributed by atoms with van der Waals surface area (Å²) in [6, 6.07) is 4.46. The predicted molar refractivity (Wildman–Crippen MR) is 145 cm³/mol. The van der Waals surface area contributed by atoms with E-state index in [1.54, 1.807) is 46.0 Å². The molecule has 1 fully saturated rings. The lowest BCUT2D eigenvalue weighted by molar-refractivity contribution is 0.0566. The number of hydrogen-bond acceptors (Lipinski definition) is 7. The molecule has 206 valence electrons. The molecule has 0 spiro atoms. The average molecular weight is 538 g/mol. The van der Waals surface area contributed by atoms with Gasteiger partial charge in [-0.15, -0.1) is 0 Å². The standard InChI is InChI=1S/C28H32FN5O5/c1-16-21(15-31-25-24(16)34(7-10-38-25)27(36)39-28(2,3)4)20-11-17-13-23(30-14-18(17)12-22(20)29)33-26(35)32-19-5-8-37-9-6-19/h11-15,19H,5-10H2,1-4H3,(H2,30,32,33,35). The largest absolute Gasteiger partial charge is 0.474 e. The third-order valence-corrected chi connectivity index (χ3v) is 6.61. The first-order valence-corrected chi connectivity index (χ1v) is 13.0. The van der Waals surface area contributed by atoms with Gasteiger partial charge in [0.05, 0.1) is 6.54 Å². The van der Waals surface area contributed by atoms with E-state index in [0.29, 0.717) is 58.1 Å².